The predicted molar refractivity (Wildman–Crippen MR) is 89.1 cm³/mol. The predicted octanol–water partition coefficient (Wildman–Crippen LogP) is 3.30. The second kappa shape index (κ2) is 37.7. The van der Waals surface area contributed by atoms with Crippen LogP contribution in [0.3, 0.4) is 0 Å². The normalized spacial score (nSPS) is 7.91. The van der Waals surface area contributed by atoms with Gasteiger partial charge in [-0.25, -0.2) is 0 Å². The van der Waals surface area contributed by atoms with Gasteiger partial charge in [-0.1, -0.05) is 39.5 Å². The summed E-state index contributed by atoms with van der Waals surface area (Å²) < 4.78 is 0. The summed E-state index contributed by atoms with van der Waals surface area (Å²) in [5, 5.41) is 31.4. The molecule has 0 radical (unpaired) electrons. The second-order valence-electron chi connectivity index (χ2n) is 4.33. The van der Waals surface area contributed by atoms with Crippen molar-refractivity contribution in [1.82, 2.24) is 0 Å². The first-order valence-electron chi connectivity index (χ1n) is 8.02. The molecule has 0 fully saturated rings. The summed E-state index contributed by atoms with van der Waals surface area (Å²) in [6.07, 6.45) is 6.55. The van der Waals surface area contributed by atoms with Crippen LogP contribution < -0.4 is 0 Å². The van der Waals surface area contributed by atoms with Crippen LogP contribution in [0.5, 0.6) is 0 Å². The number of hydrogen-bond acceptors (Lipinski definition) is 4. The fourth-order valence-electron chi connectivity index (χ4n) is 1.05. The van der Waals surface area contributed by atoms with Gasteiger partial charge < -0.3 is 20.4 Å². The van der Waals surface area contributed by atoms with Crippen molar-refractivity contribution in [2.24, 2.45) is 0 Å². The van der Waals surface area contributed by atoms with E-state index in [1.54, 1.807) is 13.8 Å². The molecule has 6 nitrogen and oxygen atoms in total. The molecule has 4 N–H and O–H groups in total. The van der Waals surface area contributed by atoms with E-state index in [0.717, 1.165) is 38.5 Å². The van der Waals surface area contributed by atoms with Crippen molar-refractivity contribution in [3.8, 4) is 0 Å². The third-order valence-corrected chi connectivity index (χ3v) is 1.99. The summed E-state index contributed by atoms with van der Waals surface area (Å²) in [5.74, 6) is -1.36. The van der Waals surface area contributed by atoms with E-state index in [9.17, 15) is 9.59 Å². The molecule has 0 spiro atoms. The minimum atomic E-state index is -0.682. The fourth-order valence-corrected chi connectivity index (χ4v) is 1.05. The molecular weight excluding hydrogens is 336 g/mol. The number of aliphatic hydroxyl groups is 2. The molecule has 0 heterocycles. The minimum Gasteiger partial charge on any atom is -0.481 e. The van der Waals surface area contributed by atoms with Crippen LogP contribution in [0, 0.1) is 0 Å². The Morgan fingerprint density at radius 2 is 0.870 bits per heavy atom. The van der Waals surface area contributed by atoms with Crippen molar-refractivity contribution < 1.29 is 51.7 Å². The van der Waals surface area contributed by atoms with E-state index in [1.807, 2.05) is 0 Å². The summed E-state index contributed by atoms with van der Waals surface area (Å²) in [4.78, 5) is 19.7. The molecule has 0 bridgehead atoms. The van der Waals surface area contributed by atoms with Crippen LogP contribution in [0.25, 0.3) is 0 Å². The molecular formula is C16H36O6Ti. The van der Waals surface area contributed by atoms with Crippen LogP contribution in [0.1, 0.15) is 79.1 Å². The first kappa shape index (κ1) is 34.0. The number of carboxylic acid groups (broad SMARTS) is 2. The molecule has 7 heteroatoms. The number of aliphatic carboxylic acids is 2. The third kappa shape index (κ3) is 90.2. The van der Waals surface area contributed by atoms with Gasteiger partial charge >= 0.3 is 11.9 Å². The van der Waals surface area contributed by atoms with E-state index < -0.39 is 11.9 Å². The molecule has 0 unspecified atom stereocenters. The van der Waals surface area contributed by atoms with Gasteiger partial charge in [-0.2, -0.15) is 0 Å². The van der Waals surface area contributed by atoms with Gasteiger partial charge in [0.1, 0.15) is 0 Å². The zero-order chi connectivity index (χ0) is 18.2. The number of carbonyl (C=O) groups is 2. The molecule has 0 rings (SSSR count). The Morgan fingerprint density at radius 1 is 0.652 bits per heavy atom. The van der Waals surface area contributed by atoms with Crippen molar-refractivity contribution in [2.45, 2.75) is 79.1 Å². The first-order chi connectivity index (χ1) is 10.4. The molecule has 0 aliphatic rings. The monoisotopic (exact) mass is 372 g/mol. The largest absolute Gasteiger partial charge is 0.481 e. The molecule has 0 amide bonds. The Kier molecular flexibility index (Phi) is 55.7. The first-order valence-corrected chi connectivity index (χ1v) is 8.02. The van der Waals surface area contributed by atoms with Crippen molar-refractivity contribution in [1.29, 1.82) is 0 Å². The number of hydrogen-bond donors (Lipinski definition) is 4. The Balaban J connectivity index is -0.0000000680. The van der Waals surface area contributed by atoms with Gasteiger partial charge in [0.15, 0.2) is 0 Å². The maximum atomic E-state index is 9.87. The summed E-state index contributed by atoms with van der Waals surface area (Å²) >= 11 is 0. The second-order valence-corrected chi connectivity index (χ2v) is 4.33. The molecule has 0 aliphatic heterocycles. The van der Waals surface area contributed by atoms with Gasteiger partial charge in [0.2, 0.25) is 0 Å². The fraction of sp³-hybridized carbons (Fsp3) is 0.875. The van der Waals surface area contributed by atoms with Crippen molar-refractivity contribution in [2.75, 3.05) is 13.2 Å². The molecule has 0 aliphatic carbocycles. The molecule has 23 heavy (non-hydrogen) atoms. The van der Waals surface area contributed by atoms with Gasteiger partial charge in [-0.15, -0.1) is 0 Å². The van der Waals surface area contributed by atoms with Gasteiger partial charge in [0, 0.05) is 47.8 Å². The maximum Gasteiger partial charge on any atom is 0.303 e. The van der Waals surface area contributed by atoms with E-state index in [1.165, 1.54) is 0 Å². The average Bonchev–Trinajstić information content (AvgIpc) is 2.41. The Labute approximate surface area is 156 Å². The molecule has 0 aromatic rings. The SMILES string of the molecule is CCCCCC(=O)O.CCCCCC(=O)O.CCO.CCO.[Ti]. The maximum absolute atomic E-state index is 9.87. The van der Waals surface area contributed by atoms with Crippen LogP contribution in [-0.2, 0) is 31.3 Å². The number of rotatable bonds is 8. The molecule has 0 saturated carbocycles. The van der Waals surface area contributed by atoms with Gasteiger partial charge in [-0.3, -0.25) is 9.59 Å². The van der Waals surface area contributed by atoms with Crippen molar-refractivity contribution in [3.63, 3.8) is 0 Å². The van der Waals surface area contributed by atoms with Crippen LogP contribution in [-0.4, -0.2) is 45.6 Å². The minimum absolute atomic E-state index is 0. The number of carboxylic acids is 2. The molecule has 0 aromatic carbocycles. The molecule has 140 valence electrons. The smallest absolute Gasteiger partial charge is 0.303 e. The number of unbranched alkanes of at least 4 members (excludes halogenated alkanes) is 4. The quantitative estimate of drug-likeness (QED) is 0.384. The third-order valence-electron chi connectivity index (χ3n) is 1.99. The Hall–Kier alpha value is -0.426. The molecule has 0 aromatic heterocycles. The summed E-state index contributed by atoms with van der Waals surface area (Å²) in [6.45, 7) is 7.98. The van der Waals surface area contributed by atoms with E-state index in [2.05, 4.69) is 13.8 Å². The van der Waals surface area contributed by atoms with Crippen molar-refractivity contribution >= 4 is 11.9 Å². The topological polar surface area (TPSA) is 115 Å². The van der Waals surface area contributed by atoms with E-state index >= 15 is 0 Å². The van der Waals surface area contributed by atoms with Gasteiger partial charge in [0.05, 0.1) is 0 Å². The Bertz CT molecular complexity index is 191. The van der Waals surface area contributed by atoms with Crippen LogP contribution >= 0.6 is 0 Å². The van der Waals surface area contributed by atoms with Crippen molar-refractivity contribution in [3.05, 3.63) is 0 Å². The molecule has 0 atom stereocenters. The summed E-state index contributed by atoms with van der Waals surface area (Å²) in [5.41, 5.74) is 0. The zero-order valence-electron chi connectivity index (χ0n) is 15.2. The zero-order valence-corrected chi connectivity index (χ0v) is 16.7. The average molecular weight is 372 g/mol. The number of aliphatic hydroxyl groups excluding tert-OH is 2. The van der Waals surface area contributed by atoms with E-state index in [4.69, 9.17) is 20.4 Å². The summed E-state index contributed by atoms with van der Waals surface area (Å²) in [6, 6.07) is 0. The van der Waals surface area contributed by atoms with E-state index in [0.29, 0.717) is 12.8 Å². The van der Waals surface area contributed by atoms with Gasteiger partial charge in [0.25, 0.3) is 0 Å². The van der Waals surface area contributed by atoms with Crippen LogP contribution in [0.15, 0.2) is 0 Å². The van der Waals surface area contributed by atoms with Crippen LogP contribution in [0.2, 0.25) is 0 Å². The van der Waals surface area contributed by atoms with Crippen LogP contribution in [0.4, 0.5) is 0 Å². The Morgan fingerprint density at radius 3 is 1.00 bits per heavy atom. The van der Waals surface area contributed by atoms with E-state index in [-0.39, 0.29) is 34.9 Å². The van der Waals surface area contributed by atoms with Gasteiger partial charge in [-0.05, 0) is 26.7 Å². The molecule has 0 saturated heterocycles. The standard InChI is InChI=1S/2C6H12O2.2C2H6O.Ti/c2*1-2-3-4-5-6(7)8;2*1-2-3;/h2*2-5H2,1H3,(H,7,8);2*3H,2H2,1H3;. The summed E-state index contributed by atoms with van der Waals surface area (Å²) in [7, 11) is 0.